The van der Waals surface area contributed by atoms with Gasteiger partial charge in [-0.2, -0.15) is 23.5 Å². The summed E-state index contributed by atoms with van der Waals surface area (Å²) in [5.74, 6) is 3.93. The smallest absolute Gasteiger partial charge is 0.0294 e. The Hall–Kier alpha value is 0.400. The van der Waals surface area contributed by atoms with Crippen LogP contribution < -0.4 is 5.32 Å². The van der Waals surface area contributed by atoms with Gasteiger partial charge in [-0.15, -0.1) is 6.58 Å². The Balaban J connectivity index is 2.34. The zero-order valence-electron chi connectivity index (χ0n) is 7.58. The lowest BCUT2D eigenvalue weighted by molar-refractivity contribution is 0.567. The normalized spacial score (nSPS) is 26.6. The fraction of sp³-hybridized carbons (Fsp3) is 0.778. The summed E-state index contributed by atoms with van der Waals surface area (Å²) in [6.45, 7) is 3.79. The molecule has 0 aliphatic carbocycles. The van der Waals surface area contributed by atoms with Crippen LogP contribution in [0.1, 0.15) is 6.42 Å². The number of rotatable bonds is 4. The molecule has 0 saturated carbocycles. The van der Waals surface area contributed by atoms with Crippen LogP contribution in [-0.2, 0) is 0 Å². The third kappa shape index (κ3) is 3.04. The molecule has 1 N–H and O–H groups in total. The maximum absolute atomic E-state index is 3.79. The fourth-order valence-corrected chi connectivity index (χ4v) is 4.32. The quantitative estimate of drug-likeness (QED) is 0.702. The minimum Gasteiger partial charge on any atom is -0.316 e. The molecule has 0 aromatic carbocycles. The molecule has 1 heterocycles. The molecule has 0 aromatic heterocycles. The number of thioether (sulfide) groups is 2. The Bertz CT molecular complexity index is 132. The van der Waals surface area contributed by atoms with Crippen molar-refractivity contribution >= 4 is 23.5 Å². The molecular formula is C9H17NS2. The summed E-state index contributed by atoms with van der Waals surface area (Å²) < 4.78 is 0. The molecule has 1 nitrogen and oxygen atoms in total. The highest BCUT2D eigenvalue weighted by Crippen LogP contribution is 2.27. The summed E-state index contributed by atoms with van der Waals surface area (Å²) in [6.07, 6.45) is 3.11. The first-order valence-corrected chi connectivity index (χ1v) is 6.56. The lowest BCUT2D eigenvalue weighted by Crippen LogP contribution is -2.38. The third-order valence-corrected chi connectivity index (χ3v) is 5.00. The van der Waals surface area contributed by atoms with Gasteiger partial charge < -0.3 is 5.32 Å². The van der Waals surface area contributed by atoms with Gasteiger partial charge in [-0.25, -0.2) is 0 Å². The second-order valence-corrected chi connectivity index (χ2v) is 5.40. The molecule has 1 fully saturated rings. The van der Waals surface area contributed by atoms with E-state index in [1.165, 1.54) is 17.3 Å². The van der Waals surface area contributed by atoms with Crippen molar-refractivity contribution in [3.8, 4) is 0 Å². The fourth-order valence-electron chi connectivity index (χ4n) is 1.37. The van der Waals surface area contributed by atoms with Gasteiger partial charge in [0.05, 0.1) is 0 Å². The topological polar surface area (TPSA) is 12.0 Å². The van der Waals surface area contributed by atoms with Gasteiger partial charge in [0.25, 0.3) is 0 Å². The number of hydrogen-bond donors (Lipinski definition) is 1. The second kappa shape index (κ2) is 5.95. The maximum atomic E-state index is 3.79. The molecule has 1 rings (SSSR count). The van der Waals surface area contributed by atoms with E-state index in [9.17, 15) is 0 Å². The highest BCUT2D eigenvalue weighted by Gasteiger charge is 2.21. The molecule has 70 valence electrons. The average Bonchev–Trinajstić information content (AvgIpc) is 2.15. The van der Waals surface area contributed by atoms with E-state index in [0.717, 1.165) is 11.7 Å². The van der Waals surface area contributed by atoms with Crippen LogP contribution in [0.5, 0.6) is 0 Å². The summed E-state index contributed by atoms with van der Waals surface area (Å²) in [5, 5.41) is 4.15. The van der Waals surface area contributed by atoms with E-state index >= 15 is 0 Å². The van der Waals surface area contributed by atoms with Crippen LogP contribution in [0.25, 0.3) is 0 Å². The van der Waals surface area contributed by atoms with Crippen LogP contribution in [0, 0.1) is 0 Å². The van der Waals surface area contributed by atoms with E-state index in [1.54, 1.807) is 0 Å². The molecule has 1 aliphatic rings. The van der Waals surface area contributed by atoms with Crippen LogP contribution in [-0.4, -0.2) is 35.6 Å². The zero-order valence-corrected chi connectivity index (χ0v) is 9.22. The Morgan fingerprint density at radius 1 is 1.67 bits per heavy atom. The van der Waals surface area contributed by atoms with Crippen LogP contribution in [0.4, 0.5) is 0 Å². The zero-order chi connectivity index (χ0) is 8.81. The molecule has 2 atom stereocenters. The van der Waals surface area contributed by atoms with Crippen molar-refractivity contribution in [3.63, 3.8) is 0 Å². The van der Waals surface area contributed by atoms with Gasteiger partial charge in [0.1, 0.15) is 0 Å². The predicted octanol–water partition coefficient (Wildman–Crippen LogP) is 2.00. The summed E-state index contributed by atoms with van der Waals surface area (Å²) in [5.41, 5.74) is 0. The summed E-state index contributed by atoms with van der Waals surface area (Å²) >= 11 is 4.18. The Morgan fingerprint density at radius 2 is 2.50 bits per heavy atom. The van der Waals surface area contributed by atoms with Gasteiger partial charge in [-0.3, -0.25) is 0 Å². The number of nitrogens with one attached hydrogen (secondary N) is 1. The molecule has 0 bridgehead atoms. The molecule has 0 radical (unpaired) electrons. The van der Waals surface area contributed by atoms with Gasteiger partial charge in [-0.1, -0.05) is 6.08 Å². The average molecular weight is 203 g/mol. The first kappa shape index (κ1) is 10.5. The van der Waals surface area contributed by atoms with E-state index in [0.29, 0.717) is 6.04 Å². The minimum absolute atomic E-state index is 0.625. The van der Waals surface area contributed by atoms with E-state index in [-0.39, 0.29) is 0 Å². The van der Waals surface area contributed by atoms with Crippen molar-refractivity contribution in [2.75, 3.05) is 24.3 Å². The summed E-state index contributed by atoms with van der Waals surface area (Å²) in [7, 11) is 2.05. The SMILES string of the molecule is C=CCC(NC)C1CSCCS1. The first-order chi connectivity index (χ1) is 5.88. The van der Waals surface area contributed by atoms with Crippen molar-refractivity contribution in [2.45, 2.75) is 17.7 Å². The van der Waals surface area contributed by atoms with Crippen molar-refractivity contribution in [2.24, 2.45) is 0 Å². The van der Waals surface area contributed by atoms with E-state index in [4.69, 9.17) is 0 Å². The minimum atomic E-state index is 0.625. The Labute approximate surface area is 83.8 Å². The third-order valence-electron chi connectivity index (χ3n) is 2.08. The van der Waals surface area contributed by atoms with Crippen LogP contribution >= 0.6 is 23.5 Å². The highest BCUT2D eigenvalue weighted by molar-refractivity contribution is 8.06. The summed E-state index contributed by atoms with van der Waals surface area (Å²) in [6, 6.07) is 0.625. The van der Waals surface area contributed by atoms with Crippen LogP contribution in [0.2, 0.25) is 0 Å². The molecular weight excluding hydrogens is 186 g/mol. The van der Waals surface area contributed by atoms with Crippen LogP contribution in [0.15, 0.2) is 12.7 Å². The molecule has 1 aliphatic heterocycles. The Kier molecular flexibility index (Phi) is 5.19. The van der Waals surface area contributed by atoms with Gasteiger partial charge >= 0.3 is 0 Å². The van der Waals surface area contributed by atoms with E-state index < -0.39 is 0 Å². The highest BCUT2D eigenvalue weighted by atomic mass is 32.2. The van der Waals surface area contributed by atoms with E-state index in [2.05, 4.69) is 35.4 Å². The molecule has 1 saturated heterocycles. The lowest BCUT2D eigenvalue weighted by Gasteiger charge is -2.28. The maximum Gasteiger partial charge on any atom is 0.0294 e. The molecule has 2 unspecified atom stereocenters. The predicted molar refractivity (Wildman–Crippen MR) is 61.2 cm³/mol. The molecule has 0 spiro atoms. The largest absolute Gasteiger partial charge is 0.316 e. The second-order valence-electron chi connectivity index (χ2n) is 2.90. The first-order valence-electron chi connectivity index (χ1n) is 4.36. The number of hydrogen-bond acceptors (Lipinski definition) is 3. The van der Waals surface area contributed by atoms with Crippen LogP contribution in [0.3, 0.4) is 0 Å². The Morgan fingerprint density at radius 3 is 3.00 bits per heavy atom. The van der Waals surface area contributed by atoms with Crippen molar-refractivity contribution < 1.29 is 0 Å². The molecule has 12 heavy (non-hydrogen) atoms. The standard InChI is InChI=1S/C9H17NS2/c1-3-4-8(10-2)9-7-11-5-6-12-9/h3,8-10H,1,4-7H2,2H3. The van der Waals surface area contributed by atoms with E-state index in [1.807, 2.05) is 13.1 Å². The van der Waals surface area contributed by atoms with Gasteiger partial charge in [0.15, 0.2) is 0 Å². The molecule has 0 aromatic rings. The van der Waals surface area contributed by atoms with Gasteiger partial charge in [0.2, 0.25) is 0 Å². The van der Waals surface area contributed by atoms with Crippen molar-refractivity contribution in [1.82, 2.24) is 5.32 Å². The van der Waals surface area contributed by atoms with Gasteiger partial charge in [0, 0.05) is 28.6 Å². The van der Waals surface area contributed by atoms with Crippen molar-refractivity contribution in [3.05, 3.63) is 12.7 Å². The molecule has 3 heteroatoms. The summed E-state index contributed by atoms with van der Waals surface area (Å²) in [4.78, 5) is 0. The monoisotopic (exact) mass is 203 g/mol. The molecule has 0 amide bonds. The lowest BCUT2D eigenvalue weighted by atomic mass is 10.1. The van der Waals surface area contributed by atoms with Crippen molar-refractivity contribution in [1.29, 1.82) is 0 Å². The van der Waals surface area contributed by atoms with Gasteiger partial charge in [-0.05, 0) is 13.5 Å².